The van der Waals surface area contributed by atoms with Gasteiger partial charge in [-0.1, -0.05) is 25.8 Å². The van der Waals surface area contributed by atoms with E-state index in [-0.39, 0.29) is 11.8 Å². The first kappa shape index (κ1) is 15.1. The summed E-state index contributed by atoms with van der Waals surface area (Å²) in [6, 6.07) is 4.15. The minimum atomic E-state index is 0.0922. The Labute approximate surface area is 131 Å². The lowest BCUT2D eigenvalue weighted by atomic mass is 9.89. The van der Waals surface area contributed by atoms with Crippen LogP contribution in [-0.4, -0.2) is 21.8 Å². The van der Waals surface area contributed by atoms with E-state index in [0.717, 1.165) is 37.9 Å². The number of pyridine rings is 1. The van der Waals surface area contributed by atoms with E-state index in [0.29, 0.717) is 0 Å². The van der Waals surface area contributed by atoms with Crippen molar-refractivity contribution < 1.29 is 4.79 Å². The molecular weight excluding hydrogens is 274 g/mol. The number of aryl methyl sites for hydroxylation is 2. The quantitative estimate of drug-likeness (QED) is 0.863. The van der Waals surface area contributed by atoms with Gasteiger partial charge in [0.25, 0.3) is 0 Å². The number of hydrogen-bond donors (Lipinski definition) is 1. The molecule has 0 saturated heterocycles. The van der Waals surface area contributed by atoms with Crippen LogP contribution in [-0.2, 0) is 17.6 Å². The van der Waals surface area contributed by atoms with Crippen molar-refractivity contribution in [3.63, 3.8) is 0 Å². The molecule has 1 amide bonds. The van der Waals surface area contributed by atoms with Crippen molar-refractivity contribution in [1.29, 1.82) is 0 Å². The van der Waals surface area contributed by atoms with E-state index in [1.54, 1.807) is 0 Å². The SMILES string of the molecule is CCCCCNC(=O)C1CCc2nc3ccc(C)cn3c2C1. The number of rotatable bonds is 5. The van der Waals surface area contributed by atoms with Crippen LogP contribution >= 0.6 is 0 Å². The van der Waals surface area contributed by atoms with E-state index >= 15 is 0 Å². The van der Waals surface area contributed by atoms with Crippen molar-refractivity contribution in [1.82, 2.24) is 14.7 Å². The topological polar surface area (TPSA) is 46.4 Å². The summed E-state index contributed by atoms with van der Waals surface area (Å²) in [6.07, 6.45) is 8.20. The van der Waals surface area contributed by atoms with Gasteiger partial charge in [-0.05, 0) is 37.8 Å². The molecule has 0 fully saturated rings. The normalized spacial score (nSPS) is 17.5. The Bertz CT molecular complexity index is 674. The van der Waals surface area contributed by atoms with Gasteiger partial charge in [-0.3, -0.25) is 4.79 Å². The average Bonchev–Trinajstić information content (AvgIpc) is 2.88. The highest BCUT2D eigenvalue weighted by Crippen LogP contribution is 2.26. The van der Waals surface area contributed by atoms with Gasteiger partial charge in [0.2, 0.25) is 5.91 Å². The lowest BCUT2D eigenvalue weighted by molar-refractivity contribution is -0.125. The zero-order valence-corrected chi connectivity index (χ0v) is 13.6. The molecule has 3 rings (SSSR count). The molecule has 1 N–H and O–H groups in total. The summed E-state index contributed by atoms with van der Waals surface area (Å²) in [4.78, 5) is 17.1. The van der Waals surface area contributed by atoms with Crippen molar-refractivity contribution in [2.24, 2.45) is 5.92 Å². The van der Waals surface area contributed by atoms with Gasteiger partial charge in [0, 0.05) is 30.8 Å². The minimum Gasteiger partial charge on any atom is -0.356 e. The monoisotopic (exact) mass is 299 g/mol. The van der Waals surface area contributed by atoms with Gasteiger partial charge >= 0.3 is 0 Å². The number of unbranched alkanes of at least 4 members (excludes halogenated alkanes) is 2. The maximum Gasteiger partial charge on any atom is 0.223 e. The highest BCUT2D eigenvalue weighted by molar-refractivity contribution is 5.79. The third-order valence-electron chi connectivity index (χ3n) is 4.57. The third-order valence-corrected chi connectivity index (χ3v) is 4.57. The summed E-state index contributed by atoms with van der Waals surface area (Å²) in [5, 5.41) is 3.10. The molecule has 0 spiro atoms. The van der Waals surface area contributed by atoms with Gasteiger partial charge in [-0.25, -0.2) is 4.98 Å². The van der Waals surface area contributed by atoms with Crippen molar-refractivity contribution in [3.8, 4) is 0 Å². The Hall–Kier alpha value is -1.84. The van der Waals surface area contributed by atoms with Gasteiger partial charge in [0.15, 0.2) is 0 Å². The molecule has 0 bridgehead atoms. The second kappa shape index (κ2) is 6.51. The number of hydrogen-bond acceptors (Lipinski definition) is 2. The Morgan fingerprint density at radius 1 is 1.41 bits per heavy atom. The van der Waals surface area contributed by atoms with E-state index in [2.05, 4.69) is 41.9 Å². The number of amides is 1. The molecule has 1 atom stereocenters. The van der Waals surface area contributed by atoms with Crippen LogP contribution in [0.2, 0.25) is 0 Å². The van der Waals surface area contributed by atoms with Crippen molar-refractivity contribution in [2.75, 3.05) is 6.54 Å². The Balaban J connectivity index is 1.71. The average molecular weight is 299 g/mol. The summed E-state index contributed by atoms with van der Waals surface area (Å²) in [5.74, 6) is 0.305. The Morgan fingerprint density at radius 3 is 3.09 bits per heavy atom. The van der Waals surface area contributed by atoms with Gasteiger partial charge in [-0.2, -0.15) is 0 Å². The fourth-order valence-corrected chi connectivity index (χ4v) is 3.27. The molecule has 2 aromatic rings. The summed E-state index contributed by atoms with van der Waals surface area (Å²) in [6.45, 7) is 5.08. The van der Waals surface area contributed by atoms with E-state index in [1.807, 2.05) is 0 Å². The molecule has 2 aromatic heterocycles. The summed E-state index contributed by atoms with van der Waals surface area (Å²) in [5.41, 5.74) is 4.61. The summed E-state index contributed by atoms with van der Waals surface area (Å²) < 4.78 is 2.17. The molecule has 0 aliphatic heterocycles. The molecule has 1 aliphatic carbocycles. The predicted molar refractivity (Wildman–Crippen MR) is 88.0 cm³/mol. The molecule has 4 heteroatoms. The van der Waals surface area contributed by atoms with Crippen LogP contribution < -0.4 is 5.32 Å². The summed E-state index contributed by atoms with van der Waals surface area (Å²) >= 11 is 0. The molecular formula is C18H25N3O. The second-order valence-corrected chi connectivity index (χ2v) is 6.38. The van der Waals surface area contributed by atoms with Crippen LogP contribution in [0.4, 0.5) is 0 Å². The van der Waals surface area contributed by atoms with Crippen molar-refractivity contribution >= 4 is 11.6 Å². The number of carbonyl (C=O) groups excluding carboxylic acids is 1. The number of nitrogens with one attached hydrogen (secondary N) is 1. The molecule has 0 aromatic carbocycles. The Kier molecular flexibility index (Phi) is 4.46. The third kappa shape index (κ3) is 3.01. The number of nitrogens with zero attached hydrogens (tertiary/aromatic N) is 2. The van der Waals surface area contributed by atoms with Crippen LogP contribution in [0, 0.1) is 12.8 Å². The zero-order chi connectivity index (χ0) is 15.5. The largest absolute Gasteiger partial charge is 0.356 e. The molecule has 1 unspecified atom stereocenters. The predicted octanol–water partition coefficient (Wildman–Crippen LogP) is 3.05. The Morgan fingerprint density at radius 2 is 2.27 bits per heavy atom. The molecule has 0 radical (unpaired) electrons. The van der Waals surface area contributed by atoms with Gasteiger partial charge in [0.05, 0.1) is 5.69 Å². The number of fused-ring (bicyclic) bond motifs is 3. The second-order valence-electron chi connectivity index (χ2n) is 6.38. The summed E-state index contributed by atoms with van der Waals surface area (Å²) in [7, 11) is 0. The zero-order valence-electron chi connectivity index (χ0n) is 13.6. The van der Waals surface area contributed by atoms with Crippen molar-refractivity contribution in [3.05, 3.63) is 35.3 Å². The lowest BCUT2D eigenvalue weighted by Crippen LogP contribution is -2.34. The van der Waals surface area contributed by atoms with E-state index in [1.165, 1.54) is 29.8 Å². The van der Waals surface area contributed by atoms with Crippen LogP contribution in [0.1, 0.15) is 49.6 Å². The first-order valence-electron chi connectivity index (χ1n) is 8.43. The maximum absolute atomic E-state index is 12.4. The molecule has 1 aliphatic rings. The number of imidazole rings is 1. The van der Waals surface area contributed by atoms with Crippen LogP contribution in [0.3, 0.4) is 0 Å². The first-order valence-corrected chi connectivity index (χ1v) is 8.43. The van der Waals surface area contributed by atoms with Gasteiger partial charge in [-0.15, -0.1) is 0 Å². The maximum atomic E-state index is 12.4. The van der Waals surface area contributed by atoms with Gasteiger partial charge in [0.1, 0.15) is 5.65 Å². The number of carbonyl (C=O) groups is 1. The molecule has 4 nitrogen and oxygen atoms in total. The van der Waals surface area contributed by atoms with E-state index < -0.39 is 0 Å². The lowest BCUT2D eigenvalue weighted by Gasteiger charge is -2.21. The van der Waals surface area contributed by atoms with E-state index in [4.69, 9.17) is 4.98 Å². The smallest absolute Gasteiger partial charge is 0.223 e. The van der Waals surface area contributed by atoms with Crippen LogP contribution in [0.15, 0.2) is 18.3 Å². The van der Waals surface area contributed by atoms with Gasteiger partial charge < -0.3 is 9.72 Å². The fourth-order valence-electron chi connectivity index (χ4n) is 3.27. The fraction of sp³-hybridized carbons (Fsp3) is 0.556. The number of aromatic nitrogens is 2. The highest BCUT2D eigenvalue weighted by Gasteiger charge is 2.27. The molecule has 2 heterocycles. The van der Waals surface area contributed by atoms with Crippen molar-refractivity contribution in [2.45, 2.75) is 52.4 Å². The molecule has 22 heavy (non-hydrogen) atoms. The highest BCUT2D eigenvalue weighted by atomic mass is 16.1. The molecule has 0 saturated carbocycles. The first-order chi connectivity index (χ1) is 10.7. The van der Waals surface area contributed by atoms with E-state index in [9.17, 15) is 4.79 Å². The van der Waals surface area contributed by atoms with Crippen LogP contribution in [0.5, 0.6) is 0 Å². The van der Waals surface area contributed by atoms with Crippen LogP contribution in [0.25, 0.3) is 5.65 Å². The minimum absolute atomic E-state index is 0.0922. The standard InChI is InChI=1S/C18H25N3O/c1-3-4-5-10-19-18(22)14-7-8-15-16(11-14)21-12-13(2)6-9-17(21)20-15/h6,9,12,14H,3-5,7-8,10-11H2,1-2H3,(H,19,22). The molecule has 118 valence electrons.